The van der Waals surface area contributed by atoms with Crippen molar-refractivity contribution in [1.82, 2.24) is 4.31 Å². The maximum atomic E-state index is 12.5. The maximum Gasteiger partial charge on any atom is 0.253 e. The lowest BCUT2D eigenvalue weighted by Gasteiger charge is -2.35. The number of hydrogen-bond acceptors (Lipinski definition) is 4. The molecule has 0 bridgehead atoms. The molecule has 2 atom stereocenters. The lowest BCUT2D eigenvalue weighted by molar-refractivity contribution is 0.203. The van der Waals surface area contributed by atoms with Crippen molar-refractivity contribution in [3.63, 3.8) is 0 Å². The molecule has 0 saturated carbocycles. The Labute approximate surface area is 120 Å². The quantitative estimate of drug-likeness (QED) is 0.905. The van der Waals surface area contributed by atoms with Gasteiger partial charge < -0.3 is 5.73 Å². The second-order valence-corrected chi connectivity index (χ2v) is 8.58. The highest BCUT2D eigenvalue weighted by Gasteiger charge is 2.34. The van der Waals surface area contributed by atoms with Gasteiger partial charge in [0, 0.05) is 17.6 Å². The Hall–Kier alpha value is 0.0500. The van der Waals surface area contributed by atoms with E-state index in [4.69, 9.17) is 5.73 Å². The number of sulfonamides is 1. The third kappa shape index (κ3) is 2.65. The molecule has 1 aromatic rings. The van der Waals surface area contributed by atoms with Gasteiger partial charge in [-0.25, -0.2) is 8.42 Å². The highest BCUT2D eigenvalue weighted by atomic mass is 79.9. The highest BCUT2D eigenvalue weighted by molar-refractivity contribution is 9.10. The van der Waals surface area contributed by atoms with Crippen LogP contribution in [0.1, 0.15) is 13.3 Å². The second kappa shape index (κ2) is 5.58. The van der Waals surface area contributed by atoms with Gasteiger partial charge in [-0.3, -0.25) is 0 Å². The fourth-order valence-electron chi connectivity index (χ4n) is 2.22. The summed E-state index contributed by atoms with van der Waals surface area (Å²) in [6.45, 7) is 3.80. The van der Waals surface area contributed by atoms with Gasteiger partial charge in [-0.2, -0.15) is 4.31 Å². The molecule has 102 valence electrons. The van der Waals surface area contributed by atoms with Gasteiger partial charge in [-0.05, 0) is 52.2 Å². The van der Waals surface area contributed by atoms with E-state index in [-0.39, 0.29) is 5.92 Å². The minimum absolute atomic E-state index is 0.257. The van der Waals surface area contributed by atoms with Gasteiger partial charge in [-0.15, -0.1) is 11.3 Å². The predicted molar refractivity (Wildman–Crippen MR) is 77.1 cm³/mol. The van der Waals surface area contributed by atoms with Gasteiger partial charge in [0.05, 0.1) is 0 Å². The zero-order chi connectivity index (χ0) is 13.3. The predicted octanol–water partition coefficient (Wildman–Crippen LogP) is 2.12. The summed E-state index contributed by atoms with van der Waals surface area (Å²) in [5.74, 6) is 0.750. The van der Waals surface area contributed by atoms with Crippen LogP contribution in [0.4, 0.5) is 0 Å². The van der Waals surface area contributed by atoms with Crippen molar-refractivity contribution >= 4 is 37.3 Å². The number of nitrogens with zero attached hydrogens (tertiary/aromatic N) is 1. The van der Waals surface area contributed by atoms with Crippen molar-refractivity contribution in [1.29, 1.82) is 0 Å². The van der Waals surface area contributed by atoms with E-state index < -0.39 is 10.0 Å². The summed E-state index contributed by atoms with van der Waals surface area (Å²) in [5, 5.41) is 1.78. The zero-order valence-electron chi connectivity index (χ0n) is 10.2. The number of rotatable bonds is 3. The molecule has 1 fully saturated rings. The average Bonchev–Trinajstić information content (AvgIpc) is 2.76. The largest absolute Gasteiger partial charge is 0.330 e. The Bertz CT molecular complexity index is 515. The maximum absolute atomic E-state index is 12.5. The Kier molecular flexibility index (Phi) is 4.48. The summed E-state index contributed by atoms with van der Waals surface area (Å²) < 4.78 is 27.6. The van der Waals surface area contributed by atoms with Crippen LogP contribution in [0.15, 0.2) is 20.1 Å². The minimum Gasteiger partial charge on any atom is -0.330 e. The normalized spacial score (nSPS) is 26.4. The molecule has 1 aliphatic rings. The first-order chi connectivity index (χ1) is 8.46. The molecule has 7 heteroatoms. The van der Waals surface area contributed by atoms with E-state index >= 15 is 0 Å². The molecule has 0 amide bonds. The Morgan fingerprint density at radius 3 is 2.89 bits per heavy atom. The molecule has 1 aromatic heterocycles. The van der Waals surface area contributed by atoms with Gasteiger partial charge in [0.15, 0.2) is 0 Å². The van der Waals surface area contributed by atoms with Crippen LogP contribution in [0.3, 0.4) is 0 Å². The topological polar surface area (TPSA) is 63.4 Å². The van der Waals surface area contributed by atoms with Crippen molar-refractivity contribution in [2.24, 2.45) is 17.6 Å². The highest BCUT2D eigenvalue weighted by Crippen LogP contribution is 2.33. The summed E-state index contributed by atoms with van der Waals surface area (Å²) in [7, 11) is -3.37. The van der Waals surface area contributed by atoms with E-state index in [0.29, 0.717) is 34.2 Å². The molecule has 2 N–H and O–H groups in total. The van der Waals surface area contributed by atoms with Gasteiger partial charge in [0.25, 0.3) is 10.0 Å². The first-order valence-electron chi connectivity index (χ1n) is 5.90. The molecule has 1 saturated heterocycles. The summed E-state index contributed by atoms with van der Waals surface area (Å²) in [6, 6.07) is 1.77. The molecule has 18 heavy (non-hydrogen) atoms. The van der Waals surface area contributed by atoms with Gasteiger partial charge >= 0.3 is 0 Å². The molecule has 2 rings (SSSR count). The molecule has 2 heterocycles. The smallest absolute Gasteiger partial charge is 0.253 e. The number of hydrogen-bond donors (Lipinski definition) is 1. The number of thiophene rings is 1. The van der Waals surface area contributed by atoms with E-state index in [2.05, 4.69) is 22.9 Å². The number of piperidine rings is 1. The van der Waals surface area contributed by atoms with Crippen LogP contribution in [0.2, 0.25) is 0 Å². The average molecular weight is 353 g/mol. The molecule has 0 spiro atoms. The first-order valence-corrected chi connectivity index (χ1v) is 9.01. The van der Waals surface area contributed by atoms with E-state index in [9.17, 15) is 8.42 Å². The fraction of sp³-hybridized carbons (Fsp3) is 0.636. The van der Waals surface area contributed by atoms with Crippen LogP contribution in [-0.2, 0) is 10.0 Å². The van der Waals surface area contributed by atoms with E-state index in [1.165, 1.54) is 11.3 Å². The number of halogens is 1. The SMILES string of the molecule is CC1CCN(S(=O)(=O)c2sccc2Br)CC1CN. The molecule has 0 aromatic carbocycles. The van der Waals surface area contributed by atoms with E-state index in [1.54, 1.807) is 15.8 Å². The molecule has 0 aliphatic carbocycles. The summed E-state index contributed by atoms with van der Waals surface area (Å²) >= 11 is 4.54. The summed E-state index contributed by atoms with van der Waals surface area (Å²) in [6.07, 6.45) is 0.879. The lowest BCUT2D eigenvalue weighted by Crippen LogP contribution is -2.45. The Morgan fingerprint density at radius 2 is 2.33 bits per heavy atom. The molecule has 1 aliphatic heterocycles. The molecule has 2 unspecified atom stereocenters. The second-order valence-electron chi connectivity index (χ2n) is 4.68. The van der Waals surface area contributed by atoms with Crippen molar-refractivity contribution in [3.8, 4) is 0 Å². The van der Waals surface area contributed by atoms with Crippen LogP contribution in [0.5, 0.6) is 0 Å². The molecule has 0 radical (unpaired) electrons. The Balaban J connectivity index is 2.24. The third-order valence-corrected chi connectivity index (χ3v) is 8.05. The Morgan fingerprint density at radius 1 is 1.61 bits per heavy atom. The first kappa shape index (κ1) is 14.5. The lowest BCUT2D eigenvalue weighted by atomic mass is 9.88. The monoisotopic (exact) mass is 352 g/mol. The molecule has 4 nitrogen and oxygen atoms in total. The van der Waals surface area contributed by atoms with Crippen LogP contribution in [-0.4, -0.2) is 32.4 Å². The van der Waals surface area contributed by atoms with Crippen LogP contribution in [0.25, 0.3) is 0 Å². The molecular weight excluding hydrogens is 336 g/mol. The van der Waals surface area contributed by atoms with Gasteiger partial charge in [-0.1, -0.05) is 6.92 Å². The van der Waals surface area contributed by atoms with Crippen LogP contribution < -0.4 is 5.73 Å². The van der Waals surface area contributed by atoms with Gasteiger partial charge in [0.2, 0.25) is 0 Å². The van der Waals surface area contributed by atoms with Crippen LogP contribution >= 0.6 is 27.3 Å². The summed E-state index contributed by atoms with van der Waals surface area (Å²) in [5.41, 5.74) is 5.72. The number of nitrogens with two attached hydrogens (primary N) is 1. The van der Waals surface area contributed by atoms with E-state index in [0.717, 1.165) is 6.42 Å². The van der Waals surface area contributed by atoms with Crippen molar-refractivity contribution < 1.29 is 8.42 Å². The molecular formula is C11H17BrN2O2S2. The minimum atomic E-state index is -3.37. The van der Waals surface area contributed by atoms with E-state index in [1.807, 2.05) is 0 Å². The van der Waals surface area contributed by atoms with Crippen molar-refractivity contribution in [2.75, 3.05) is 19.6 Å². The fourth-order valence-corrected chi connectivity index (χ4v) is 6.18. The van der Waals surface area contributed by atoms with Crippen LogP contribution in [0, 0.1) is 11.8 Å². The zero-order valence-corrected chi connectivity index (χ0v) is 13.4. The van der Waals surface area contributed by atoms with Crippen molar-refractivity contribution in [3.05, 3.63) is 15.9 Å². The third-order valence-electron chi connectivity index (χ3n) is 3.54. The van der Waals surface area contributed by atoms with Gasteiger partial charge in [0.1, 0.15) is 4.21 Å². The van der Waals surface area contributed by atoms with Crippen molar-refractivity contribution in [2.45, 2.75) is 17.6 Å². The standard InChI is InChI=1S/C11H17BrN2O2S2/c1-8-2-4-14(7-9(8)6-13)18(15,16)11-10(12)3-5-17-11/h3,5,8-9H,2,4,6-7,13H2,1H3. The summed E-state index contributed by atoms with van der Waals surface area (Å²) in [4.78, 5) is 0.